The predicted molar refractivity (Wildman–Crippen MR) is 80.5 cm³/mol. The molecule has 1 aromatic heterocycles. The number of hydrogen-bond acceptors (Lipinski definition) is 2. The molecule has 0 spiro atoms. The Morgan fingerprint density at radius 1 is 1.38 bits per heavy atom. The molecular weight excluding hydrogens is 353 g/mol. The highest BCUT2D eigenvalue weighted by molar-refractivity contribution is 14.1. The highest BCUT2D eigenvalue weighted by atomic mass is 127. The Balaban J connectivity index is 2.15. The van der Waals surface area contributed by atoms with Gasteiger partial charge in [0.1, 0.15) is 0 Å². The topological polar surface area (TPSA) is 12.0 Å². The van der Waals surface area contributed by atoms with Gasteiger partial charge in [-0.25, -0.2) is 0 Å². The number of benzene rings is 1. The number of nitrogens with one attached hydrogen (secondary N) is 1. The monoisotopic (exact) mass is 363 g/mol. The van der Waals surface area contributed by atoms with Crippen molar-refractivity contribution >= 4 is 51.2 Å². The zero-order valence-electron chi connectivity index (χ0n) is 8.71. The van der Waals surface area contributed by atoms with Crippen LogP contribution in [-0.4, -0.2) is 0 Å². The van der Waals surface area contributed by atoms with Gasteiger partial charge < -0.3 is 5.32 Å². The molecule has 0 aliphatic carbocycles. The van der Waals surface area contributed by atoms with Crippen LogP contribution in [0.2, 0.25) is 5.02 Å². The Hall–Kier alpha value is -0.260. The molecule has 0 radical (unpaired) electrons. The minimum atomic E-state index is 0.320. The zero-order chi connectivity index (χ0) is 11.5. The van der Waals surface area contributed by atoms with E-state index in [0.29, 0.717) is 6.04 Å². The second-order valence-corrected chi connectivity index (χ2v) is 5.93. The first kappa shape index (κ1) is 12.2. The van der Waals surface area contributed by atoms with E-state index in [2.05, 4.69) is 51.7 Å². The fraction of sp³-hybridized carbons (Fsp3) is 0.167. The lowest BCUT2D eigenvalue weighted by Gasteiger charge is -2.15. The molecule has 0 saturated heterocycles. The first-order valence-electron chi connectivity index (χ1n) is 4.90. The van der Waals surface area contributed by atoms with Gasteiger partial charge >= 0.3 is 0 Å². The van der Waals surface area contributed by atoms with Gasteiger partial charge in [0.05, 0.1) is 0 Å². The molecule has 84 valence electrons. The Labute approximate surface area is 118 Å². The van der Waals surface area contributed by atoms with E-state index in [1.807, 2.05) is 18.2 Å². The smallest absolute Gasteiger partial charge is 0.0494 e. The van der Waals surface area contributed by atoms with Gasteiger partial charge in [-0.2, -0.15) is 11.3 Å². The van der Waals surface area contributed by atoms with Gasteiger partial charge in [-0.15, -0.1) is 0 Å². The summed E-state index contributed by atoms with van der Waals surface area (Å²) in [7, 11) is 0. The van der Waals surface area contributed by atoms with Crippen LogP contribution in [0.1, 0.15) is 18.5 Å². The fourth-order valence-electron chi connectivity index (χ4n) is 1.44. The van der Waals surface area contributed by atoms with Crippen molar-refractivity contribution in [3.05, 3.63) is 49.2 Å². The van der Waals surface area contributed by atoms with Crippen LogP contribution in [0.25, 0.3) is 0 Å². The van der Waals surface area contributed by atoms with E-state index >= 15 is 0 Å². The minimum Gasteiger partial charge on any atom is -0.378 e. The molecule has 0 aliphatic rings. The number of hydrogen-bond donors (Lipinski definition) is 1. The highest BCUT2D eigenvalue weighted by Gasteiger charge is 2.07. The van der Waals surface area contributed by atoms with Crippen LogP contribution in [0, 0.1) is 3.57 Å². The molecule has 1 heterocycles. The molecular formula is C12H11ClINS. The third kappa shape index (κ3) is 2.90. The summed E-state index contributed by atoms with van der Waals surface area (Å²) in [6, 6.07) is 8.36. The average Bonchev–Trinajstić information content (AvgIpc) is 2.75. The molecule has 1 N–H and O–H groups in total. The van der Waals surface area contributed by atoms with E-state index in [4.69, 9.17) is 11.6 Å². The van der Waals surface area contributed by atoms with Crippen molar-refractivity contribution in [2.45, 2.75) is 13.0 Å². The van der Waals surface area contributed by atoms with Crippen molar-refractivity contribution in [3.63, 3.8) is 0 Å². The van der Waals surface area contributed by atoms with E-state index in [0.717, 1.165) is 14.3 Å². The lowest BCUT2D eigenvalue weighted by Crippen LogP contribution is -2.06. The number of thiophene rings is 1. The molecule has 4 heteroatoms. The maximum Gasteiger partial charge on any atom is 0.0494 e. The van der Waals surface area contributed by atoms with Crippen LogP contribution in [0.15, 0.2) is 35.0 Å². The molecule has 0 aliphatic heterocycles. The average molecular weight is 364 g/mol. The molecule has 0 saturated carbocycles. The first-order chi connectivity index (χ1) is 7.66. The maximum absolute atomic E-state index is 5.92. The summed E-state index contributed by atoms with van der Waals surface area (Å²) in [6.45, 7) is 2.16. The van der Waals surface area contributed by atoms with Crippen LogP contribution < -0.4 is 5.32 Å². The van der Waals surface area contributed by atoms with Crippen molar-refractivity contribution in [2.24, 2.45) is 0 Å². The minimum absolute atomic E-state index is 0.320. The molecule has 1 nitrogen and oxygen atoms in total. The molecule has 2 rings (SSSR count). The van der Waals surface area contributed by atoms with Gasteiger partial charge in [0.15, 0.2) is 0 Å². The van der Waals surface area contributed by atoms with Crippen molar-refractivity contribution in [1.29, 1.82) is 0 Å². The van der Waals surface area contributed by atoms with Crippen LogP contribution >= 0.6 is 45.5 Å². The SMILES string of the molecule is CC(Nc1ccc(Cl)cc1I)c1ccsc1. The molecule has 16 heavy (non-hydrogen) atoms. The van der Waals surface area contributed by atoms with Gasteiger partial charge in [0.25, 0.3) is 0 Å². The summed E-state index contributed by atoms with van der Waals surface area (Å²) >= 11 is 9.94. The van der Waals surface area contributed by atoms with Crippen molar-refractivity contribution in [1.82, 2.24) is 0 Å². The molecule has 0 amide bonds. The summed E-state index contributed by atoms with van der Waals surface area (Å²) in [5.74, 6) is 0. The standard InChI is InChI=1S/C12H11ClINS/c1-8(9-4-5-16-7-9)15-12-3-2-10(13)6-11(12)14/h2-8,15H,1H3. The van der Waals surface area contributed by atoms with Crippen molar-refractivity contribution in [3.8, 4) is 0 Å². The normalized spacial score (nSPS) is 12.4. The first-order valence-corrected chi connectivity index (χ1v) is 7.30. The maximum atomic E-state index is 5.92. The van der Waals surface area contributed by atoms with Crippen molar-refractivity contribution < 1.29 is 0 Å². The zero-order valence-corrected chi connectivity index (χ0v) is 12.4. The highest BCUT2D eigenvalue weighted by Crippen LogP contribution is 2.26. The van der Waals surface area contributed by atoms with E-state index in [-0.39, 0.29) is 0 Å². The van der Waals surface area contributed by atoms with Gasteiger partial charge in [0.2, 0.25) is 0 Å². The Bertz CT molecular complexity index is 470. The Kier molecular flexibility index (Phi) is 4.10. The molecule has 0 bridgehead atoms. The largest absolute Gasteiger partial charge is 0.378 e. The van der Waals surface area contributed by atoms with Crippen LogP contribution in [0.3, 0.4) is 0 Å². The third-order valence-corrected chi connectivity index (χ3v) is 4.18. The fourth-order valence-corrected chi connectivity index (χ4v) is 3.23. The summed E-state index contributed by atoms with van der Waals surface area (Å²) in [5.41, 5.74) is 2.44. The lowest BCUT2D eigenvalue weighted by molar-refractivity contribution is 0.889. The van der Waals surface area contributed by atoms with Crippen LogP contribution in [0.5, 0.6) is 0 Å². The van der Waals surface area contributed by atoms with Gasteiger partial charge in [-0.05, 0) is 70.1 Å². The lowest BCUT2D eigenvalue weighted by atomic mass is 10.2. The van der Waals surface area contributed by atoms with E-state index in [1.165, 1.54) is 5.56 Å². The molecule has 2 aromatic rings. The third-order valence-electron chi connectivity index (χ3n) is 2.35. The van der Waals surface area contributed by atoms with Crippen molar-refractivity contribution in [2.75, 3.05) is 5.32 Å². The molecule has 1 atom stereocenters. The molecule has 1 aromatic carbocycles. The summed E-state index contributed by atoms with van der Waals surface area (Å²) in [4.78, 5) is 0. The number of anilines is 1. The number of halogens is 2. The molecule has 0 fully saturated rings. The summed E-state index contributed by atoms with van der Waals surface area (Å²) in [6.07, 6.45) is 0. The predicted octanol–water partition coefficient (Wildman–Crippen LogP) is 5.18. The summed E-state index contributed by atoms with van der Waals surface area (Å²) < 4.78 is 1.15. The van der Waals surface area contributed by atoms with Crippen LogP contribution in [0.4, 0.5) is 5.69 Å². The number of rotatable bonds is 3. The molecule has 1 unspecified atom stereocenters. The van der Waals surface area contributed by atoms with E-state index in [9.17, 15) is 0 Å². The van der Waals surface area contributed by atoms with Gasteiger partial charge in [0, 0.05) is 20.3 Å². The van der Waals surface area contributed by atoms with Gasteiger partial charge in [-0.3, -0.25) is 0 Å². The quantitative estimate of drug-likeness (QED) is 0.741. The van der Waals surface area contributed by atoms with Crippen LogP contribution in [-0.2, 0) is 0 Å². The van der Waals surface area contributed by atoms with Gasteiger partial charge in [-0.1, -0.05) is 11.6 Å². The second kappa shape index (κ2) is 5.38. The van der Waals surface area contributed by atoms with E-state index < -0.39 is 0 Å². The summed E-state index contributed by atoms with van der Waals surface area (Å²) in [5, 5.41) is 8.52. The van der Waals surface area contributed by atoms with E-state index in [1.54, 1.807) is 11.3 Å². The second-order valence-electron chi connectivity index (χ2n) is 3.55. The Morgan fingerprint density at radius 2 is 2.19 bits per heavy atom. The Morgan fingerprint density at radius 3 is 2.81 bits per heavy atom.